The second-order valence-corrected chi connectivity index (χ2v) is 5.50. The van der Waals surface area contributed by atoms with Crippen molar-refractivity contribution in [2.75, 3.05) is 25.6 Å². The van der Waals surface area contributed by atoms with Crippen LogP contribution in [0.25, 0.3) is 0 Å². The van der Waals surface area contributed by atoms with Gasteiger partial charge in [0.05, 0.1) is 23.3 Å². The Bertz CT molecular complexity index is 707. The summed E-state index contributed by atoms with van der Waals surface area (Å²) in [4.78, 5) is 15.7. The van der Waals surface area contributed by atoms with Gasteiger partial charge in [-0.15, -0.1) is 11.3 Å². The molecule has 2 aromatic heterocycles. The van der Waals surface area contributed by atoms with Crippen molar-refractivity contribution in [3.05, 3.63) is 44.5 Å². The Morgan fingerprint density at radius 2 is 2.25 bits per heavy atom. The van der Waals surface area contributed by atoms with Crippen molar-refractivity contribution in [2.24, 2.45) is 0 Å². The highest BCUT2D eigenvalue weighted by Gasteiger charge is 2.04. The summed E-state index contributed by atoms with van der Waals surface area (Å²) in [5.74, 6) is 5.44. The maximum Gasteiger partial charge on any atom is 0.269 e. The quantitative estimate of drug-likeness (QED) is 0.848. The van der Waals surface area contributed by atoms with Crippen molar-refractivity contribution >= 4 is 17.0 Å². The number of aromatic nitrogens is 2. The lowest BCUT2D eigenvalue weighted by Gasteiger charge is -2.11. The zero-order valence-corrected chi connectivity index (χ0v) is 12.1. The zero-order valence-electron chi connectivity index (χ0n) is 11.3. The molecule has 0 aliphatic heterocycles. The van der Waals surface area contributed by atoms with Gasteiger partial charge in [0.15, 0.2) is 0 Å². The van der Waals surface area contributed by atoms with Crippen LogP contribution in [0.1, 0.15) is 9.75 Å². The number of hydrogen-bond donors (Lipinski definition) is 1. The fraction of sp³-hybridized carbons (Fsp3) is 0.286. The molecule has 0 radical (unpaired) electrons. The third-order valence-corrected chi connectivity index (χ3v) is 3.61. The van der Waals surface area contributed by atoms with Crippen molar-refractivity contribution in [1.82, 2.24) is 9.78 Å². The third kappa shape index (κ3) is 3.47. The molecule has 0 bridgehead atoms. The average molecular weight is 289 g/mol. The van der Waals surface area contributed by atoms with Gasteiger partial charge in [-0.2, -0.15) is 5.10 Å². The topological polar surface area (TPSA) is 58.4 Å². The molecule has 0 aliphatic carbocycles. The molecule has 0 saturated carbocycles. The second-order valence-electron chi connectivity index (χ2n) is 4.33. The highest BCUT2D eigenvalue weighted by molar-refractivity contribution is 7.12. The largest absolute Gasteiger partial charge is 0.384 e. The summed E-state index contributed by atoms with van der Waals surface area (Å²) in [6.45, 7) is 0.276. The standard InChI is InChI=1S/C14H15N3O2S/c1-16(2)11-8-14(19)17(15-9-11)10-13-6-5-12(20-13)4-3-7-18/h5-6,8-9,18H,7,10H2,1-2H3. The number of anilines is 1. The van der Waals surface area contributed by atoms with Crippen LogP contribution >= 0.6 is 11.3 Å². The summed E-state index contributed by atoms with van der Waals surface area (Å²) >= 11 is 1.49. The van der Waals surface area contributed by atoms with Crippen molar-refractivity contribution in [3.63, 3.8) is 0 Å². The van der Waals surface area contributed by atoms with E-state index in [0.29, 0.717) is 6.54 Å². The Hall–Kier alpha value is -2.10. The van der Waals surface area contributed by atoms with Gasteiger partial charge in [0.1, 0.15) is 6.61 Å². The first-order chi connectivity index (χ1) is 9.60. The molecular formula is C14H15N3O2S. The van der Waals surface area contributed by atoms with E-state index >= 15 is 0 Å². The minimum Gasteiger partial charge on any atom is -0.384 e. The first-order valence-corrected chi connectivity index (χ1v) is 6.84. The highest BCUT2D eigenvalue weighted by atomic mass is 32.1. The van der Waals surface area contributed by atoms with Crippen LogP contribution in [0.5, 0.6) is 0 Å². The number of nitrogens with zero attached hydrogens (tertiary/aromatic N) is 3. The molecule has 0 spiro atoms. The third-order valence-electron chi connectivity index (χ3n) is 2.63. The van der Waals surface area contributed by atoms with Gasteiger partial charge in [-0.3, -0.25) is 4.79 Å². The average Bonchev–Trinajstić information content (AvgIpc) is 2.86. The Labute approximate surface area is 121 Å². The molecule has 2 heterocycles. The van der Waals surface area contributed by atoms with Crippen LogP contribution in [-0.2, 0) is 6.54 Å². The summed E-state index contributed by atoms with van der Waals surface area (Å²) in [6.07, 6.45) is 1.67. The van der Waals surface area contributed by atoms with E-state index in [1.807, 2.05) is 31.1 Å². The van der Waals surface area contributed by atoms with E-state index in [4.69, 9.17) is 5.11 Å². The lowest BCUT2D eigenvalue weighted by atomic mass is 10.4. The SMILES string of the molecule is CN(C)c1cnn(Cc2ccc(C#CCO)s2)c(=O)c1. The van der Waals surface area contributed by atoms with Gasteiger partial charge < -0.3 is 10.0 Å². The molecule has 0 saturated heterocycles. The predicted molar refractivity (Wildman–Crippen MR) is 80.2 cm³/mol. The Morgan fingerprint density at radius 1 is 1.45 bits per heavy atom. The number of aliphatic hydroxyl groups excluding tert-OH is 1. The Kier molecular flexibility index (Phi) is 4.56. The van der Waals surface area contributed by atoms with Crippen LogP contribution < -0.4 is 10.5 Å². The van der Waals surface area contributed by atoms with Gasteiger partial charge in [0.25, 0.3) is 5.56 Å². The zero-order chi connectivity index (χ0) is 14.5. The first-order valence-electron chi connectivity index (χ1n) is 6.03. The Balaban J connectivity index is 2.18. The predicted octanol–water partition coefficient (Wildman–Crippen LogP) is 0.763. The van der Waals surface area contributed by atoms with Crippen LogP contribution in [0.2, 0.25) is 0 Å². The van der Waals surface area contributed by atoms with Gasteiger partial charge in [-0.05, 0) is 12.1 Å². The fourth-order valence-electron chi connectivity index (χ4n) is 1.59. The molecule has 0 amide bonds. The number of aliphatic hydroxyl groups is 1. The molecular weight excluding hydrogens is 274 g/mol. The summed E-state index contributed by atoms with van der Waals surface area (Å²) in [7, 11) is 3.73. The summed E-state index contributed by atoms with van der Waals surface area (Å²) in [5, 5.41) is 12.8. The van der Waals surface area contributed by atoms with E-state index in [-0.39, 0.29) is 12.2 Å². The number of thiophene rings is 1. The van der Waals surface area contributed by atoms with E-state index in [2.05, 4.69) is 16.9 Å². The molecule has 0 aliphatic rings. The lowest BCUT2D eigenvalue weighted by molar-refractivity contribution is 0.350. The molecule has 20 heavy (non-hydrogen) atoms. The molecule has 2 rings (SSSR count). The van der Waals surface area contributed by atoms with Crippen molar-refractivity contribution in [2.45, 2.75) is 6.54 Å². The van der Waals surface area contributed by atoms with E-state index in [1.54, 1.807) is 12.3 Å². The van der Waals surface area contributed by atoms with E-state index < -0.39 is 0 Å². The monoisotopic (exact) mass is 289 g/mol. The first kappa shape index (κ1) is 14.3. The minimum absolute atomic E-state index is 0.132. The second kappa shape index (κ2) is 6.37. The molecule has 1 N–H and O–H groups in total. The van der Waals surface area contributed by atoms with E-state index in [1.165, 1.54) is 16.0 Å². The molecule has 0 atom stereocenters. The van der Waals surface area contributed by atoms with Crippen LogP contribution in [0, 0.1) is 11.8 Å². The summed E-state index contributed by atoms with van der Waals surface area (Å²) < 4.78 is 1.42. The van der Waals surface area contributed by atoms with Gasteiger partial charge in [-0.25, -0.2) is 4.68 Å². The normalized spacial score (nSPS) is 9.95. The van der Waals surface area contributed by atoms with Crippen LogP contribution in [0.4, 0.5) is 5.69 Å². The maximum atomic E-state index is 11.9. The van der Waals surface area contributed by atoms with E-state index in [0.717, 1.165) is 15.4 Å². The molecule has 0 aromatic carbocycles. The van der Waals surface area contributed by atoms with Gasteiger partial charge in [-0.1, -0.05) is 11.8 Å². The molecule has 0 fully saturated rings. The molecule has 5 nitrogen and oxygen atoms in total. The van der Waals surface area contributed by atoms with E-state index in [9.17, 15) is 4.79 Å². The van der Waals surface area contributed by atoms with Gasteiger partial charge >= 0.3 is 0 Å². The lowest BCUT2D eigenvalue weighted by Crippen LogP contribution is -2.24. The summed E-state index contributed by atoms with van der Waals surface area (Å²) in [5.41, 5.74) is 0.652. The summed E-state index contributed by atoms with van der Waals surface area (Å²) in [6, 6.07) is 5.36. The highest BCUT2D eigenvalue weighted by Crippen LogP contribution is 2.16. The smallest absolute Gasteiger partial charge is 0.269 e. The van der Waals surface area contributed by atoms with Crippen LogP contribution in [-0.4, -0.2) is 35.6 Å². The van der Waals surface area contributed by atoms with Crippen LogP contribution in [0.15, 0.2) is 29.2 Å². The number of rotatable bonds is 3. The van der Waals surface area contributed by atoms with Gasteiger partial charge in [0, 0.05) is 25.0 Å². The van der Waals surface area contributed by atoms with Crippen molar-refractivity contribution in [3.8, 4) is 11.8 Å². The van der Waals surface area contributed by atoms with Crippen molar-refractivity contribution in [1.29, 1.82) is 0 Å². The molecule has 6 heteroatoms. The van der Waals surface area contributed by atoms with Crippen molar-refractivity contribution < 1.29 is 5.11 Å². The maximum absolute atomic E-state index is 11.9. The molecule has 0 unspecified atom stereocenters. The number of hydrogen-bond acceptors (Lipinski definition) is 5. The fourth-order valence-corrected chi connectivity index (χ4v) is 2.46. The molecule has 104 valence electrons. The Morgan fingerprint density at radius 3 is 2.90 bits per heavy atom. The van der Waals surface area contributed by atoms with Crippen LogP contribution in [0.3, 0.4) is 0 Å². The minimum atomic E-state index is -0.153. The van der Waals surface area contributed by atoms with Gasteiger partial charge in [0.2, 0.25) is 0 Å². The molecule has 2 aromatic rings.